The third kappa shape index (κ3) is 5.38. The third-order valence-corrected chi connectivity index (χ3v) is 5.94. The van der Waals surface area contributed by atoms with Gasteiger partial charge < -0.3 is 5.11 Å². The number of aromatic nitrogens is 3. The number of alkyl halides is 3. The highest BCUT2D eigenvalue weighted by Gasteiger charge is 2.31. The minimum absolute atomic E-state index is 0.0517. The lowest BCUT2D eigenvalue weighted by molar-refractivity contribution is -0.137. The van der Waals surface area contributed by atoms with Crippen LogP contribution in [0.4, 0.5) is 13.2 Å². The van der Waals surface area contributed by atoms with E-state index in [4.69, 9.17) is 5.11 Å². The van der Waals surface area contributed by atoms with Crippen molar-refractivity contribution in [3.8, 4) is 10.6 Å². The molecule has 0 saturated carbocycles. The number of rotatable bonds is 6. The Labute approximate surface area is 191 Å². The number of carboxylic acids is 1. The number of aromatic carboxylic acids is 1. The highest BCUT2D eigenvalue weighted by atomic mass is 32.1. The number of carbonyl (C=O) groups is 1. The molecule has 4 aromatic rings. The van der Waals surface area contributed by atoms with Crippen molar-refractivity contribution in [2.75, 3.05) is 0 Å². The van der Waals surface area contributed by atoms with Crippen LogP contribution in [0, 0.1) is 6.92 Å². The van der Waals surface area contributed by atoms with Gasteiger partial charge >= 0.3 is 12.1 Å². The first kappa shape index (κ1) is 22.5. The lowest BCUT2D eigenvalue weighted by atomic mass is 10.0. The average Bonchev–Trinajstić information content (AvgIpc) is 3.40. The number of halogens is 3. The van der Waals surface area contributed by atoms with E-state index in [0.717, 1.165) is 22.6 Å². The molecular weight excluding hydrogens is 451 g/mol. The summed E-state index contributed by atoms with van der Waals surface area (Å²) >= 11 is 1.28. The SMILES string of the molecule is Cc1sc(-c2cc(C=Cc3ccccc3)cc(C(F)(F)F)c2)nc1Cn1cc(C(=O)O)cn1. The molecule has 0 fully saturated rings. The molecule has 0 atom stereocenters. The molecule has 0 aliphatic heterocycles. The monoisotopic (exact) mass is 469 g/mol. The zero-order valence-electron chi connectivity index (χ0n) is 17.4. The first-order chi connectivity index (χ1) is 15.7. The van der Waals surface area contributed by atoms with Gasteiger partial charge in [0.1, 0.15) is 5.01 Å². The van der Waals surface area contributed by atoms with E-state index in [1.54, 1.807) is 18.2 Å². The minimum atomic E-state index is -4.50. The lowest BCUT2D eigenvalue weighted by Crippen LogP contribution is -2.05. The molecular formula is C24H18F3N3O2S. The fourth-order valence-electron chi connectivity index (χ4n) is 3.20. The number of hydrogen-bond donors (Lipinski definition) is 1. The van der Waals surface area contributed by atoms with Crippen LogP contribution in [-0.4, -0.2) is 25.8 Å². The van der Waals surface area contributed by atoms with Gasteiger partial charge in [-0.3, -0.25) is 4.68 Å². The standard InChI is InChI=1S/C24H18F3N3O2S/c1-15-21(14-30-13-19(12-28-30)23(31)32)29-22(33-15)18-9-17(10-20(11-18)24(25,26)27)8-7-16-5-3-2-4-6-16/h2-13H,14H2,1H3,(H,31,32). The Balaban J connectivity index is 1.68. The first-order valence-electron chi connectivity index (χ1n) is 9.87. The Hall–Kier alpha value is -3.72. The van der Waals surface area contributed by atoms with Crippen LogP contribution in [0.25, 0.3) is 22.7 Å². The van der Waals surface area contributed by atoms with Gasteiger partial charge in [-0.1, -0.05) is 42.5 Å². The van der Waals surface area contributed by atoms with E-state index in [1.807, 2.05) is 37.3 Å². The molecule has 168 valence electrons. The average molecular weight is 469 g/mol. The fraction of sp³-hybridized carbons (Fsp3) is 0.125. The van der Waals surface area contributed by atoms with Crippen LogP contribution in [0.5, 0.6) is 0 Å². The number of carboxylic acid groups (broad SMARTS) is 1. The number of thiazole rings is 1. The number of hydrogen-bond acceptors (Lipinski definition) is 4. The molecule has 0 amide bonds. The second-order valence-electron chi connectivity index (χ2n) is 7.34. The van der Waals surface area contributed by atoms with Crippen molar-refractivity contribution in [3.05, 3.63) is 93.7 Å². The van der Waals surface area contributed by atoms with Crippen LogP contribution in [0.15, 0.2) is 60.9 Å². The molecule has 0 saturated heterocycles. The van der Waals surface area contributed by atoms with E-state index in [-0.39, 0.29) is 12.1 Å². The van der Waals surface area contributed by atoms with Gasteiger partial charge in [-0.05, 0) is 36.2 Å². The lowest BCUT2D eigenvalue weighted by Gasteiger charge is -2.10. The van der Waals surface area contributed by atoms with E-state index in [1.165, 1.54) is 28.4 Å². The van der Waals surface area contributed by atoms with Gasteiger partial charge in [0.25, 0.3) is 0 Å². The molecule has 2 aromatic heterocycles. The fourth-order valence-corrected chi connectivity index (χ4v) is 4.11. The smallest absolute Gasteiger partial charge is 0.416 e. The summed E-state index contributed by atoms with van der Waals surface area (Å²) in [6.45, 7) is 2.04. The Morgan fingerprint density at radius 3 is 2.52 bits per heavy atom. The van der Waals surface area contributed by atoms with Crippen LogP contribution < -0.4 is 0 Å². The van der Waals surface area contributed by atoms with E-state index in [2.05, 4.69) is 10.1 Å². The second kappa shape index (κ2) is 9.03. The number of nitrogens with zero attached hydrogens (tertiary/aromatic N) is 3. The highest BCUT2D eigenvalue weighted by Crippen LogP contribution is 2.36. The van der Waals surface area contributed by atoms with Crippen molar-refractivity contribution in [1.82, 2.24) is 14.8 Å². The molecule has 0 unspecified atom stereocenters. The summed E-state index contributed by atoms with van der Waals surface area (Å²) in [5.74, 6) is -1.09. The summed E-state index contributed by atoms with van der Waals surface area (Å²) in [6, 6.07) is 13.2. The van der Waals surface area contributed by atoms with Crippen molar-refractivity contribution < 1.29 is 23.1 Å². The molecule has 0 bridgehead atoms. The molecule has 0 radical (unpaired) electrons. The summed E-state index contributed by atoms with van der Waals surface area (Å²) in [4.78, 5) is 16.4. The number of benzene rings is 2. The van der Waals surface area contributed by atoms with E-state index < -0.39 is 17.7 Å². The highest BCUT2D eigenvalue weighted by molar-refractivity contribution is 7.15. The quantitative estimate of drug-likeness (QED) is 0.339. The first-order valence-corrected chi connectivity index (χ1v) is 10.7. The molecule has 9 heteroatoms. The van der Waals surface area contributed by atoms with Gasteiger partial charge in [0, 0.05) is 16.6 Å². The van der Waals surface area contributed by atoms with Gasteiger partial charge in [-0.15, -0.1) is 11.3 Å². The van der Waals surface area contributed by atoms with Crippen molar-refractivity contribution in [3.63, 3.8) is 0 Å². The Bertz CT molecular complexity index is 1320. The van der Waals surface area contributed by atoms with Gasteiger partial charge in [0.05, 0.1) is 29.6 Å². The molecule has 1 N–H and O–H groups in total. The molecule has 33 heavy (non-hydrogen) atoms. The van der Waals surface area contributed by atoms with E-state index in [9.17, 15) is 18.0 Å². The van der Waals surface area contributed by atoms with Gasteiger partial charge in [0.2, 0.25) is 0 Å². The summed E-state index contributed by atoms with van der Waals surface area (Å²) in [7, 11) is 0. The van der Waals surface area contributed by atoms with Crippen LogP contribution in [0.3, 0.4) is 0 Å². The zero-order valence-corrected chi connectivity index (χ0v) is 18.2. The topological polar surface area (TPSA) is 68.0 Å². The molecule has 5 nitrogen and oxygen atoms in total. The molecule has 2 heterocycles. The number of aryl methyl sites for hydroxylation is 1. The maximum Gasteiger partial charge on any atom is 0.416 e. The molecule has 2 aromatic carbocycles. The minimum Gasteiger partial charge on any atom is -0.478 e. The van der Waals surface area contributed by atoms with Crippen LogP contribution >= 0.6 is 11.3 Å². The summed E-state index contributed by atoms with van der Waals surface area (Å²) in [5, 5.41) is 13.5. The van der Waals surface area contributed by atoms with Crippen molar-refractivity contribution in [1.29, 1.82) is 0 Å². The van der Waals surface area contributed by atoms with Crippen molar-refractivity contribution >= 4 is 29.5 Å². The molecule has 0 aliphatic rings. The van der Waals surface area contributed by atoms with Gasteiger partial charge in [-0.2, -0.15) is 18.3 Å². The van der Waals surface area contributed by atoms with Crippen LogP contribution in [-0.2, 0) is 12.7 Å². The van der Waals surface area contributed by atoms with Crippen LogP contribution in [0.2, 0.25) is 0 Å². The maximum absolute atomic E-state index is 13.6. The van der Waals surface area contributed by atoms with E-state index >= 15 is 0 Å². The van der Waals surface area contributed by atoms with Crippen LogP contribution in [0.1, 0.15) is 37.6 Å². The predicted octanol–water partition coefficient (Wildman–Crippen LogP) is 6.25. The molecule has 4 rings (SSSR count). The molecule has 0 spiro atoms. The predicted molar refractivity (Wildman–Crippen MR) is 121 cm³/mol. The largest absolute Gasteiger partial charge is 0.478 e. The second-order valence-corrected chi connectivity index (χ2v) is 8.54. The van der Waals surface area contributed by atoms with Crippen molar-refractivity contribution in [2.24, 2.45) is 0 Å². The summed E-state index contributed by atoms with van der Waals surface area (Å²) in [5.41, 5.74) is 1.58. The Kier molecular flexibility index (Phi) is 6.15. The van der Waals surface area contributed by atoms with E-state index in [0.29, 0.717) is 21.8 Å². The van der Waals surface area contributed by atoms with Gasteiger partial charge in [0.15, 0.2) is 0 Å². The summed E-state index contributed by atoms with van der Waals surface area (Å²) in [6.07, 6.45) is 1.53. The maximum atomic E-state index is 13.6. The Morgan fingerprint density at radius 2 is 1.85 bits per heavy atom. The van der Waals surface area contributed by atoms with Crippen molar-refractivity contribution in [2.45, 2.75) is 19.6 Å². The molecule has 0 aliphatic carbocycles. The zero-order chi connectivity index (χ0) is 23.6. The Morgan fingerprint density at radius 1 is 1.12 bits per heavy atom. The third-order valence-electron chi connectivity index (χ3n) is 4.88. The summed E-state index contributed by atoms with van der Waals surface area (Å²) < 4.78 is 42.1. The normalized spacial score (nSPS) is 11.9. The van der Waals surface area contributed by atoms with Gasteiger partial charge in [-0.25, -0.2) is 9.78 Å².